The summed E-state index contributed by atoms with van der Waals surface area (Å²) in [6.07, 6.45) is 6.97. The van der Waals surface area contributed by atoms with E-state index in [1.807, 2.05) is 24.4 Å². The lowest BCUT2D eigenvalue weighted by molar-refractivity contribution is 0.413. The molecule has 0 saturated carbocycles. The molecule has 0 radical (unpaired) electrons. The number of ether oxygens (including phenoxy) is 1. The van der Waals surface area contributed by atoms with Gasteiger partial charge in [-0.2, -0.15) is 0 Å². The molecule has 92 valence electrons. The van der Waals surface area contributed by atoms with Gasteiger partial charge in [0.1, 0.15) is 11.4 Å². The highest BCUT2D eigenvalue weighted by Crippen LogP contribution is 2.14. The second-order valence-electron chi connectivity index (χ2n) is 3.96. The summed E-state index contributed by atoms with van der Waals surface area (Å²) in [5.41, 5.74) is 2.60. The standard InChI is InChI=1S/C15H11N3O/c1-19-13-8-11(9-16-10-13)2-3-12-4-6-17-15-14(12)5-7-18-15/h4-10H,1H3,(H,17,18). The first-order chi connectivity index (χ1) is 9.36. The maximum Gasteiger partial charge on any atom is 0.138 e. The van der Waals surface area contributed by atoms with E-state index in [2.05, 4.69) is 26.8 Å². The van der Waals surface area contributed by atoms with Gasteiger partial charge in [0.05, 0.1) is 13.3 Å². The lowest BCUT2D eigenvalue weighted by Gasteiger charge is -1.97. The Kier molecular flexibility index (Phi) is 2.87. The number of H-pyrrole nitrogens is 1. The van der Waals surface area contributed by atoms with Crippen LogP contribution >= 0.6 is 0 Å². The Morgan fingerprint density at radius 3 is 3.05 bits per heavy atom. The van der Waals surface area contributed by atoms with Gasteiger partial charge >= 0.3 is 0 Å². The molecule has 0 saturated heterocycles. The van der Waals surface area contributed by atoms with Gasteiger partial charge in [-0.3, -0.25) is 4.98 Å². The van der Waals surface area contributed by atoms with Gasteiger partial charge in [-0.05, 0) is 18.2 Å². The smallest absolute Gasteiger partial charge is 0.138 e. The molecular weight excluding hydrogens is 238 g/mol. The van der Waals surface area contributed by atoms with E-state index in [1.165, 1.54) is 0 Å². The van der Waals surface area contributed by atoms with Crippen LogP contribution in [-0.4, -0.2) is 22.1 Å². The van der Waals surface area contributed by atoms with E-state index < -0.39 is 0 Å². The summed E-state index contributed by atoms with van der Waals surface area (Å²) < 4.78 is 5.12. The monoisotopic (exact) mass is 249 g/mol. The minimum atomic E-state index is 0.702. The molecule has 0 aromatic carbocycles. The van der Waals surface area contributed by atoms with E-state index in [4.69, 9.17) is 4.74 Å². The SMILES string of the molecule is COc1cncc(C#Cc2ccnc3[nH]ccc23)c1. The molecular formula is C15H11N3O. The summed E-state index contributed by atoms with van der Waals surface area (Å²) in [6.45, 7) is 0. The van der Waals surface area contributed by atoms with Crippen LogP contribution in [-0.2, 0) is 0 Å². The number of aromatic amines is 1. The topological polar surface area (TPSA) is 50.8 Å². The molecule has 3 aromatic heterocycles. The first-order valence-corrected chi connectivity index (χ1v) is 5.80. The highest BCUT2D eigenvalue weighted by molar-refractivity contribution is 5.82. The predicted octanol–water partition coefficient (Wildman–Crippen LogP) is 2.37. The average molecular weight is 249 g/mol. The minimum Gasteiger partial charge on any atom is -0.495 e. The molecule has 4 heteroatoms. The number of nitrogens with zero attached hydrogens (tertiary/aromatic N) is 2. The highest BCUT2D eigenvalue weighted by Gasteiger charge is 1.99. The minimum absolute atomic E-state index is 0.702. The number of rotatable bonds is 1. The van der Waals surface area contributed by atoms with Crippen LogP contribution in [0.3, 0.4) is 0 Å². The summed E-state index contributed by atoms with van der Waals surface area (Å²) in [5.74, 6) is 6.92. The van der Waals surface area contributed by atoms with Gasteiger partial charge in [0, 0.05) is 35.1 Å². The Labute approximate surface area is 110 Å². The molecule has 0 aliphatic carbocycles. The van der Waals surface area contributed by atoms with Gasteiger partial charge in [0.15, 0.2) is 0 Å². The maximum absolute atomic E-state index is 5.12. The summed E-state index contributed by atoms with van der Waals surface area (Å²) in [7, 11) is 1.61. The van der Waals surface area contributed by atoms with Crippen molar-refractivity contribution in [1.29, 1.82) is 0 Å². The molecule has 3 rings (SSSR count). The first kappa shape index (κ1) is 11.3. The van der Waals surface area contributed by atoms with Crippen LogP contribution in [0.2, 0.25) is 0 Å². The number of hydrogen-bond donors (Lipinski definition) is 1. The fourth-order valence-electron chi connectivity index (χ4n) is 1.81. The maximum atomic E-state index is 5.12. The van der Waals surface area contributed by atoms with E-state index in [-0.39, 0.29) is 0 Å². The van der Waals surface area contributed by atoms with Crippen LogP contribution in [0.1, 0.15) is 11.1 Å². The number of fused-ring (bicyclic) bond motifs is 1. The van der Waals surface area contributed by atoms with Gasteiger partial charge in [-0.25, -0.2) is 4.98 Å². The lowest BCUT2D eigenvalue weighted by Crippen LogP contribution is -1.86. The second kappa shape index (κ2) is 4.83. The zero-order chi connectivity index (χ0) is 13.1. The van der Waals surface area contributed by atoms with Gasteiger partial charge in [-0.15, -0.1) is 0 Å². The van der Waals surface area contributed by atoms with Crippen LogP contribution in [0.4, 0.5) is 0 Å². The number of methoxy groups -OCH3 is 1. The Morgan fingerprint density at radius 1 is 1.21 bits per heavy atom. The van der Waals surface area contributed by atoms with Crippen molar-refractivity contribution in [3.8, 4) is 17.6 Å². The summed E-state index contributed by atoms with van der Waals surface area (Å²) >= 11 is 0. The van der Waals surface area contributed by atoms with Crippen molar-refractivity contribution in [2.45, 2.75) is 0 Å². The Morgan fingerprint density at radius 2 is 2.16 bits per heavy atom. The molecule has 3 aromatic rings. The van der Waals surface area contributed by atoms with E-state index in [1.54, 1.807) is 25.7 Å². The molecule has 4 nitrogen and oxygen atoms in total. The van der Waals surface area contributed by atoms with Gasteiger partial charge < -0.3 is 9.72 Å². The fourth-order valence-corrected chi connectivity index (χ4v) is 1.81. The van der Waals surface area contributed by atoms with Crippen molar-refractivity contribution in [3.05, 3.63) is 54.1 Å². The number of nitrogens with one attached hydrogen (secondary N) is 1. The summed E-state index contributed by atoms with van der Waals surface area (Å²) in [6, 6.07) is 5.72. The van der Waals surface area contributed by atoms with E-state index >= 15 is 0 Å². The predicted molar refractivity (Wildman–Crippen MR) is 72.9 cm³/mol. The molecule has 0 fully saturated rings. The zero-order valence-electron chi connectivity index (χ0n) is 10.3. The van der Waals surface area contributed by atoms with Crippen molar-refractivity contribution >= 4 is 11.0 Å². The largest absolute Gasteiger partial charge is 0.495 e. The highest BCUT2D eigenvalue weighted by atomic mass is 16.5. The van der Waals surface area contributed by atoms with Crippen LogP contribution in [0.5, 0.6) is 5.75 Å². The molecule has 19 heavy (non-hydrogen) atoms. The first-order valence-electron chi connectivity index (χ1n) is 5.80. The zero-order valence-corrected chi connectivity index (χ0v) is 10.3. The molecule has 3 heterocycles. The van der Waals surface area contributed by atoms with Crippen molar-refractivity contribution < 1.29 is 4.74 Å². The molecule has 0 spiro atoms. The van der Waals surface area contributed by atoms with Gasteiger partial charge in [0.25, 0.3) is 0 Å². The van der Waals surface area contributed by atoms with Crippen molar-refractivity contribution in [2.75, 3.05) is 7.11 Å². The summed E-state index contributed by atoms with van der Waals surface area (Å²) in [4.78, 5) is 11.4. The Hall–Kier alpha value is -2.80. The number of hydrogen-bond acceptors (Lipinski definition) is 3. The Balaban J connectivity index is 2.01. The molecule has 0 bridgehead atoms. The fraction of sp³-hybridized carbons (Fsp3) is 0.0667. The molecule has 0 amide bonds. The summed E-state index contributed by atoms with van der Waals surface area (Å²) in [5, 5.41) is 1.02. The van der Waals surface area contributed by atoms with E-state index in [0.29, 0.717) is 5.75 Å². The van der Waals surface area contributed by atoms with Crippen LogP contribution in [0.15, 0.2) is 43.0 Å². The van der Waals surface area contributed by atoms with E-state index in [9.17, 15) is 0 Å². The number of aromatic nitrogens is 3. The molecule has 0 aliphatic heterocycles. The molecule has 0 aliphatic rings. The van der Waals surface area contributed by atoms with Crippen LogP contribution < -0.4 is 4.74 Å². The van der Waals surface area contributed by atoms with Crippen molar-refractivity contribution in [1.82, 2.24) is 15.0 Å². The third-order valence-electron chi connectivity index (χ3n) is 2.75. The molecule has 0 unspecified atom stereocenters. The normalized spacial score (nSPS) is 9.95. The van der Waals surface area contributed by atoms with Gasteiger partial charge in [-0.1, -0.05) is 11.8 Å². The molecule has 1 N–H and O–H groups in total. The van der Waals surface area contributed by atoms with E-state index in [0.717, 1.165) is 22.2 Å². The average Bonchev–Trinajstić information content (AvgIpc) is 2.94. The van der Waals surface area contributed by atoms with Crippen LogP contribution in [0.25, 0.3) is 11.0 Å². The van der Waals surface area contributed by atoms with Crippen LogP contribution in [0, 0.1) is 11.8 Å². The third kappa shape index (κ3) is 2.26. The van der Waals surface area contributed by atoms with Crippen molar-refractivity contribution in [3.63, 3.8) is 0 Å². The van der Waals surface area contributed by atoms with Crippen molar-refractivity contribution in [2.24, 2.45) is 0 Å². The number of pyridine rings is 2. The van der Waals surface area contributed by atoms with Gasteiger partial charge in [0.2, 0.25) is 0 Å². The lowest BCUT2D eigenvalue weighted by atomic mass is 10.2. The second-order valence-corrected chi connectivity index (χ2v) is 3.96. The third-order valence-corrected chi connectivity index (χ3v) is 2.75. The molecule has 0 atom stereocenters. The Bertz CT molecular complexity index is 780. The quantitative estimate of drug-likeness (QED) is 0.673.